The van der Waals surface area contributed by atoms with Crippen molar-refractivity contribution >= 4 is 29.4 Å². The second-order valence-electron chi connectivity index (χ2n) is 6.22. The molecule has 1 aromatic rings. The molecule has 0 amide bonds. The maximum Gasteiger partial charge on any atom is 0.125 e. The summed E-state index contributed by atoms with van der Waals surface area (Å²) < 4.78 is 17.3. The third kappa shape index (κ3) is 10.2. The van der Waals surface area contributed by atoms with Gasteiger partial charge in [0.05, 0.1) is 19.4 Å². The van der Waals surface area contributed by atoms with Crippen LogP contribution in [-0.2, 0) is 17.6 Å². The van der Waals surface area contributed by atoms with E-state index in [1.54, 1.807) is 6.08 Å². The van der Waals surface area contributed by atoms with E-state index in [4.69, 9.17) is 42.6 Å². The Morgan fingerprint density at radius 2 is 1.61 bits per heavy atom. The lowest BCUT2D eigenvalue weighted by Gasteiger charge is -2.17. The summed E-state index contributed by atoms with van der Waals surface area (Å²) in [5.41, 5.74) is 2.29. The van der Waals surface area contributed by atoms with Crippen LogP contribution in [0.3, 0.4) is 0 Å². The normalized spacial score (nSPS) is 11.0. The fraction of sp³-hybridized carbons (Fsp3) is 0.571. The predicted molar refractivity (Wildman–Crippen MR) is 116 cm³/mol. The zero-order chi connectivity index (χ0) is 20.6. The van der Waals surface area contributed by atoms with Crippen LogP contribution in [0.2, 0.25) is 0 Å². The van der Waals surface area contributed by atoms with Gasteiger partial charge in [0.2, 0.25) is 0 Å². The molecule has 0 bridgehead atoms. The molecule has 0 atom stereocenters. The highest BCUT2D eigenvalue weighted by Crippen LogP contribution is 2.31. The number of aryl methyl sites for hydroxylation is 2. The number of halogens is 2. The SMILES string of the molecule is CCc1cc(OCC=C(Cl)Cl)cc(CC)c1OCCCCCCOCC=NO. The standard InChI is InChI=1S/C21H31Cl2NO4/c1-3-17-15-19(27-13-9-20(22)23)16-18(4-2)21(17)28-12-8-6-5-7-11-26-14-10-24-25/h9-10,15-16,25H,3-8,11-14H2,1-2H3. The van der Waals surface area contributed by atoms with Gasteiger partial charge in [0.15, 0.2) is 0 Å². The van der Waals surface area contributed by atoms with Crippen molar-refractivity contribution in [3.05, 3.63) is 33.8 Å². The van der Waals surface area contributed by atoms with Gasteiger partial charge < -0.3 is 19.4 Å². The topological polar surface area (TPSA) is 60.3 Å². The van der Waals surface area contributed by atoms with Gasteiger partial charge in [-0.3, -0.25) is 0 Å². The van der Waals surface area contributed by atoms with Crippen molar-refractivity contribution in [2.24, 2.45) is 5.16 Å². The van der Waals surface area contributed by atoms with Crippen LogP contribution in [0, 0.1) is 0 Å². The Kier molecular flexibility index (Phi) is 13.6. The number of unbranched alkanes of at least 4 members (excludes halogenated alkanes) is 3. The number of oxime groups is 1. The molecular weight excluding hydrogens is 401 g/mol. The Morgan fingerprint density at radius 1 is 0.964 bits per heavy atom. The van der Waals surface area contributed by atoms with Gasteiger partial charge in [-0.2, -0.15) is 0 Å². The first-order valence-electron chi connectivity index (χ1n) is 9.78. The van der Waals surface area contributed by atoms with Crippen molar-refractivity contribution in [3.63, 3.8) is 0 Å². The number of rotatable bonds is 15. The molecule has 7 heteroatoms. The van der Waals surface area contributed by atoms with Crippen molar-refractivity contribution in [1.29, 1.82) is 0 Å². The van der Waals surface area contributed by atoms with Crippen molar-refractivity contribution < 1.29 is 19.4 Å². The van der Waals surface area contributed by atoms with Crippen LogP contribution in [0.4, 0.5) is 0 Å². The van der Waals surface area contributed by atoms with E-state index in [9.17, 15) is 0 Å². The van der Waals surface area contributed by atoms with Gasteiger partial charge in [-0.05, 0) is 61.4 Å². The van der Waals surface area contributed by atoms with Gasteiger partial charge in [-0.15, -0.1) is 0 Å². The molecule has 5 nitrogen and oxygen atoms in total. The predicted octanol–water partition coefficient (Wildman–Crippen LogP) is 5.93. The second-order valence-corrected chi connectivity index (χ2v) is 7.23. The second kappa shape index (κ2) is 15.5. The van der Waals surface area contributed by atoms with Crippen molar-refractivity contribution in [1.82, 2.24) is 0 Å². The van der Waals surface area contributed by atoms with E-state index >= 15 is 0 Å². The summed E-state index contributed by atoms with van der Waals surface area (Å²) in [5, 5.41) is 11.2. The van der Waals surface area contributed by atoms with Crippen LogP contribution in [-0.4, -0.2) is 37.8 Å². The molecular formula is C21H31Cl2NO4. The van der Waals surface area contributed by atoms with Crippen LogP contribution < -0.4 is 9.47 Å². The average Bonchev–Trinajstić information content (AvgIpc) is 2.69. The molecule has 158 valence electrons. The van der Waals surface area contributed by atoms with Crippen LogP contribution in [0.1, 0.15) is 50.7 Å². The average molecular weight is 432 g/mol. The van der Waals surface area contributed by atoms with Crippen LogP contribution in [0.25, 0.3) is 0 Å². The van der Waals surface area contributed by atoms with Crippen LogP contribution in [0.15, 0.2) is 27.9 Å². The van der Waals surface area contributed by atoms with E-state index in [-0.39, 0.29) is 4.49 Å². The molecule has 0 aliphatic heterocycles. The van der Waals surface area contributed by atoms with Crippen LogP contribution >= 0.6 is 23.2 Å². The number of hydrogen-bond donors (Lipinski definition) is 1. The number of ether oxygens (including phenoxy) is 3. The van der Waals surface area contributed by atoms with Gasteiger partial charge in [0.25, 0.3) is 0 Å². The summed E-state index contributed by atoms with van der Waals surface area (Å²) in [6.07, 6.45) is 8.88. The third-order valence-corrected chi connectivity index (χ3v) is 4.48. The maximum absolute atomic E-state index is 8.26. The number of benzene rings is 1. The maximum atomic E-state index is 8.26. The van der Waals surface area contributed by atoms with Crippen LogP contribution in [0.5, 0.6) is 11.5 Å². The largest absolute Gasteiger partial charge is 0.493 e. The lowest BCUT2D eigenvalue weighted by molar-refractivity contribution is 0.165. The van der Waals surface area contributed by atoms with E-state index < -0.39 is 0 Å². The highest BCUT2D eigenvalue weighted by atomic mass is 35.5. The fourth-order valence-corrected chi connectivity index (χ4v) is 2.85. The summed E-state index contributed by atoms with van der Waals surface area (Å²) in [5.74, 6) is 1.79. The van der Waals surface area contributed by atoms with Crippen molar-refractivity contribution in [2.75, 3.05) is 26.4 Å². The van der Waals surface area contributed by atoms with E-state index in [1.807, 2.05) is 12.1 Å². The quantitative estimate of drug-likeness (QED) is 0.162. The number of hydrogen-bond acceptors (Lipinski definition) is 5. The molecule has 0 aromatic heterocycles. The molecule has 0 saturated carbocycles. The van der Waals surface area contributed by atoms with E-state index in [1.165, 1.54) is 6.21 Å². The lowest BCUT2D eigenvalue weighted by Crippen LogP contribution is -2.05. The molecule has 0 unspecified atom stereocenters. The first-order valence-corrected chi connectivity index (χ1v) is 10.5. The molecule has 0 aliphatic carbocycles. The Hall–Kier alpha value is -1.43. The Labute approximate surface area is 178 Å². The molecule has 0 heterocycles. The molecule has 28 heavy (non-hydrogen) atoms. The minimum Gasteiger partial charge on any atom is -0.493 e. The Balaban J connectivity index is 2.45. The highest BCUT2D eigenvalue weighted by molar-refractivity contribution is 6.55. The summed E-state index contributed by atoms with van der Waals surface area (Å²) >= 11 is 11.2. The molecule has 1 aromatic carbocycles. The van der Waals surface area contributed by atoms with Crippen molar-refractivity contribution in [3.8, 4) is 11.5 Å². The highest BCUT2D eigenvalue weighted by Gasteiger charge is 2.11. The smallest absolute Gasteiger partial charge is 0.125 e. The third-order valence-electron chi connectivity index (χ3n) is 4.17. The lowest BCUT2D eigenvalue weighted by atomic mass is 10.0. The van der Waals surface area contributed by atoms with Gasteiger partial charge >= 0.3 is 0 Å². The molecule has 1 N–H and O–H groups in total. The van der Waals surface area contributed by atoms with E-state index in [0.29, 0.717) is 26.4 Å². The molecule has 0 aliphatic rings. The van der Waals surface area contributed by atoms with Crippen molar-refractivity contribution in [2.45, 2.75) is 52.4 Å². The monoisotopic (exact) mass is 431 g/mol. The zero-order valence-electron chi connectivity index (χ0n) is 16.8. The zero-order valence-corrected chi connectivity index (χ0v) is 18.3. The van der Waals surface area contributed by atoms with Gasteiger partial charge in [-0.25, -0.2) is 0 Å². The first kappa shape index (κ1) is 24.6. The summed E-state index contributed by atoms with van der Waals surface area (Å²) in [6.45, 7) is 6.30. The molecule has 0 spiro atoms. The van der Waals surface area contributed by atoms with E-state index in [0.717, 1.165) is 61.2 Å². The minimum absolute atomic E-state index is 0.206. The summed E-state index contributed by atoms with van der Waals surface area (Å²) in [7, 11) is 0. The van der Waals surface area contributed by atoms with Gasteiger partial charge in [0, 0.05) is 6.61 Å². The molecule has 0 fully saturated rings. The minimum atomic E-state index is 0.206. The number of nitrogens with zero attached hydrogens (tertiary/aromatic N) is 1. The van der Waals surface area contributed by atoms with Gasteiger partial charge in [-0.1, -0.05) is 48.6 Å². The summed E-state index contributed by atoms with van der Waals surface area (Å²) in [4.78, 5) is 0. The molecule has 0 radical (unpaired) electrons. The van der Waals surface area contributed by atoms with Gasteiger partial charge in [0.1, 0.15) is 22.6 Å². The Morgan fingerprint density at radius 3 is 2.18 bits per heavy atom. The molecule has 0 saturated heterocycles. The molecule has 1 rings (SSSR count). The fourth-order valence-electron chi connectivity index (χ4n) is 2.72. The summed E-state index contributed by atoms with van der Waals surface area (Å²) in [6, 6.07) is 4.05. The van der Waals surface area contributed by atoms with E-state index in [2.05, 4.69) is 19.0 Å². The Bertz CT molecular complexity index is 591. The first-order chi connectivity index (χ1) is 13.6.